The molecule has 9 heteroatoms. The molecule has 0 saturated heterocycles. The summed E-state index contributed by atoms with van der Waals surface area (Å²) in [6, 6.07) is 2.20. The fourth-order valence-corrected chi connectivity index (χ4v) is 3.23. The maximum atomic E-state index is 13.8. The van der Waals surface area contributed by atoms with Gasteiger partial charge in [0.25, 0.3) is 0 Å². The van der Waals surface area contributed by atoms with Gasteiger partial charge in [-0.1, -0.05) is 11.6 Å². The maximum Gasteiger partial charge on any atom is 0.243 e. The Morgan fingerprint density at radius 3 is 2.86 bits per heavy atom. The summed E-state index contributed by atoms with van der Waals surface area (Å²) in [6.07, 6.45) is 5.57. The van der Waals surface area contributed by atoms with Crippen molar-refractivity contribution in [1.82, 2.24) is 14.3 Å². The number of nitrogens with zero attached hydrogens (tertiary/aromatic N) is 2. The van der Waals surface area contributed by atoms with Gasteiger partial charge in [-0.3, -0.25) is 0 Å². The van der Waals surface area contributed by atoms with E-state index in [1.165, 1.54) is 0 Å². The summed E-state index contributed by atoms with van der Waals surface area (Å²) in [4.78, 5) is 3.33. The summed E-state index contributed by atoms with van der Waals surface area (Å²) in [5, 5.41) is -0.325. The SMILES string of the molecule is Nc1cc(Cl)c(F)c(S(=O)(=O)NCCCn2ccnc2)c1. The molecular weight excluding hydrogens is 319 g/mol. The predicted molar refractivity (Wildman–Crippen MR) is 77.9 cm³/mol. The molecule has 0 radical (unpaired) electrons. The zero-order valence-corrected chi connectivity index (χ0v) is 12.5. The number of halogens is 2. The van der Waals surface area contributed by atoms with Crippen LogP contribution in [0.5, 0.6) is 0 Å². The molecule has 1 aromatic carbocycles. The van der Waals surface area contributed by atoms with E-state index in [0.29, 0.717) is 13.0 Å². The molecule has 0 spiro atoms. The van der Waals surface area contributed by atoms with E-state index in [0.717, 1.165) is 12.1 Å². The van der Waals surface area contributed by atoms with E-state index in [9.17, 15) is 12.8 Å². The van der Waals surface area contributed by atoms with E-state index in [1.807, 2.05) is 4.57 Å². The van der Waals surface area contributed by atoms with Gasteiger partial charge in [-0.2, -0.15) is 0 Å². The zero-order valence-electron chi connectivity index (χ0n) is 11.0. The second kappa shape index (κ2) is 6.42. The first-order chi connectivity index (χ1) is 9.90. The Bertz CT molecular complexity index is 719. The van der Waals surface area contributed by atoms with Crippen molar-refractivity contribution in [2.45, 2.75) is 17.9 Å². The van der Waals surface area contributed by atoms with Crippen LogP contribution in [-0.2, 0) is 16.6 Å². The molecule has 0 amide bonds. The molecule has 1 aromatic heterocycles. The highest BCUT2D eigenvalue weighted by atomic mass is 35.5. The Kier molecular flexibility index (Phi) is 4.81. The molecule has 0 atom stereocenters. The van der Waals surface area contributed by atoms with Crippen molar-refractivity contribution < 1.29 is 12.8 Å². The zero-order chi connectivity index (χ0) is 15.5. The molecule has 0 aliphatic carbocycles. The molecule has 0 unspecified atom stereocenters. The summed E-state index contributed by atoms with van der Waals surface area (Å²) >= 11 is 5.60. The average molecular weight is 333 g/mol. The molecule has 0 bridgehead atoms. The van der Waals surface area contributed by atoms with Crippen molar-refractivity contribution in [1.29, 1.82) is 0 Å². The fraction of sp³-hybridized carbons (Fsp3) is 0.250. The minimum Gasteiger partial charge on any atom is -0.399 e. The normalized spacial score (nSPS) is 11.7. The standard InChI is InChI=1S/C12H14ClFN4O2S/c13-10-6-9(15)7-11(12(10)14)21(19,20)17-2-1-4-18-5-3-16-8-18/h3,5-8,17H,1-2,4,15H2. The number of hydrogen-bond donors (Lipinski definition) is 2. The smallest absolute Gasteiger partial charge is 0.243 e. The van der Waals surface area contributed by atoms with Gasteiger partial charge in [0.2, 0.25) is 10.0 Å². The van der Waals surface area contributed by atoms with E-state index >= 15 is 0 Å². The third-order valence-corrected chi connectivity index (χ3v) is 4.49. The van der Waals surface area contributed by atoms with Gasteiger partial charge in [-0.15, -0.1) is 0 Å². The van der Waals surface area contributed by atoms with Crippen LogP contribution in [0.25, 0.3) is 0 Å². The van der Waals surface area contributed by atoms with E-state index in [4.69, 9.17) is 17.3 Å². The predicted octanol–water partition coefficient (Wildman–Crippen LogP) is 1.63. The van der Waals surface area contributed by atoms with Gasteiger partial charge in [0.1, 0.15) is 4.90 Å². The lowest BCUT2D eigenvalue weighted by Gasteiger charge is -2.09. The first-order valence-electron chi connectivity index (χ1n) is 6.10. The number of nitrogen functional groups attached to an aromatic ring is 1. The number of nitrogens with one attached hydrogen (secondary N) is 1. The number of aromatic nitrogens is 2. The summed E-state index contributed by atoms with van der Waals surface area (Å²) in [5.74, 6) is -1.01. The molecular formula is C12H14ClFN4O2S. The Morgan fingerprint density at radius 1 is 1.43 bits per heavy atom. The van der Waals surface area contributed by atoms with Crippen LogP contribution in [0.2, 0.25) is 5.02 Å². The Balaban J connectivity index is 2.02. The van der Waals surface area contributed by atoms with Crippen molar-refractivity contribution in [3.05, 3.63) is 41.7 Å². The Hall–Kier alpha value is -1.64. The van der Waals surface area contributed by atoms with Crippen molar-refractivity contribution in [2.24, 2.45) is 0 Å². The van der Waals surface area contributed by atoms with Crippen LogP contribution < -0.4 is 10.5 Å². The van der Waals surface area contributed by atoms with E-state index < -0.39 is 20.7 Å². The number of rotatable bonds is 6. The number of hydrogen-bond acceptors (Lipinski definition) is 4. The maximum absolute atomic E-state index is 13.8. The number of imidazole rings is 1. The van der Waals surface area contributed by atoms with Crippen LogP contribution in [-0.4, -0.2) is 24.5 Å². The lowest BCUT2D eigenvalue weighted by atomic mass is 10.3. The summed E-state index contributed by atoms with van der Waals surface area (Å²) < 4.78 is 42.0. The number of nitrogens with two attached hydrogens (primary N) is 1. The molecule has 3 N–H and O–H groups in total. The van der Waals surface area contributed by atoms with Gasteiger partial charge in [0, 0.05) is 31.2 Å². The van der Waals surface area contributed by atoms with Crippen LogP contribution in [0, 0.1) is 5.82 Å². The number of anilines is 1. The van der Waals surface area contributed by atoms with Crippen LogP contribution in [0.1, 0.15) is 6.42 Å². The lowest BCUT2D eigenvalue weighted by Crippen LogP contribution is -2.26. The van der Waals surface area contributed by atoms with Crippen LogP contribution in [0.3, 0.4) is 0 Å². The van der Waals surface area contributed by atoms with Crippen LogP contribution in [0.4, 0.5) is 10.1 Å². The molecule has 2 aromatic rings. The average Bonchev–Trinajstić information content (AvgIpc) is 2.92. The summed E-state index contributed by atoms with van der Waals surface area (Å²) in [5.41, 5.74) is 5.57. The molecule has 21 heavy (non-hydrogen) atoms. The largest absolute Gasteiger partial charge is 0.399 e. The third-order valence-electron chi connectivity index (χ3n) is 2.75. The molecule has 0 aliphatic rings. The number of benzene rings is 1. The van der Waals surface area contributed by atoms with Crippen molar-refractivity contribution in [3.63, 3.8) is 0 Å². The Morgan fingerprint density at radius 2 is 2.19 bits per heavy atom. The minimum atomic E-state index is -3.99. The molecule has 0 fully saturated rings. The monoisotopic (exact) mass is 332 g/mol. The second-order valence-corrected chi connectivity index (χ2v) is 6.51. The minimum absolute atomic E-state index is 0.0835. The van der Waals surface area contributed by atoms with Crippen molar-refractivity contribution >= 4 is 27.3 Å². The highest BCUT2D eigenvalue weighted by molar-refractivity contribution is 7.89. The fourth-order valence-electron chi connectivity index (χ4n) is 1.74. The van der Waals surface area contributed by atoms with Gasteiger partial charge in [-0.05, 0) is 18.6 Å². The van der Waals surface area contributed by atoms with E-state index in [2.05, 4.69) is 9.71 Å². The van der Waals surface area contributed by atoms with E-state index in [1.54, 1.807) is 18.7 Å². The molecule has 6 nitrogen and oxygen atoms in total. The molecule has 0 saturated carbocycles. The van der Waals surface area contributed by atoms with Gasteiger partial charge < -0.3 is 10.3 Å². The molecule has 0 aliphatic heterocycles. The first kappa shape index (κ1) is 15.7. The Labute approximate surface area is 126 Å². The van der Waals surface area contributed by atoms with Gasteiger partial charge in [0.05, 0.1) is 11.3 Å². The highest BCUT2D eigenvalue weighted by Gasteiger charge is 2.21. The lowest BCUT2D eigenvalue weighted by molar-refractivity contribution is 0.551. The highest BCUT2D eigenvalue weighted by Crippen LogP contribution is 2.25. The first-order valence-corrected chi connectivity index (χ1v) is 7.96. The third kappa shape index (κ3) is 3.93. The van der Waals surface area contributed by atoms with Crippen LogP contribution >= 0.6 is 11.6 Å². The topological polar surface area (TPSA) is 90.0 Å². The molecule has 2 rings (SSSR count). The van der Waals surface area contributed by atoms with Gasteiger partial charge in [-0.25, -0.2) is 22.5 Å². The number of aryl methyl sites for hydroxylation is 1. The van der Waals surface area contributed by atoms with Gasteiger partial charge >= 0.3 is 0 Å². The van der Waals surface area contributed by atoms with E-state index in [-0.39, 0.29) is 17.3 Å². The van der Waals surface area contributed by atoms with Gasteiger partial charge in [0.15, 0.2) is 5.82 Å². The number of sulfonamides is 1. The van der Waals surface area contributed by atoms with Crippen molar-refractivity contribution in [3.8, 4) is 0 Å². The molecule has 114 valence electrons. The summed E-state index contributed by atoms with van der Waals surface area (Å²) in [6.45, 7) is 0.759. The second-order valence-electron chi connectivity index (χ2n) is 4.37. The molecule has 1 heterocycles. The van der Waals surface area contributed by atoms with Crippen molar-refractivity contribution in [2.75, 3.05) is 12.3 Å². The van der Waals surface area contributed by atoms with Crippen LogP contribution in [0.15, 0.2) is 35.7 Å². The quantitative estimate of drug-likeness (QED) is 0.621. The summed E-state index contributed by atoms with van der Waals surface area (Å²) in [7, 11) is -3.99.